The van der Waals surface area contributed by atoms with Crippen molar-refractivity contribution in [3.8, 4) is 0 Å². The van der Waals surface area contributed by atoms with Crippen molar-refractivity contribution in [2.24, 2.45) is 4.99 Å². The van der Waals surface area contributed by atoms with E-state index in [9.17, 15) is 0 Å². The number of aromatic nitrogens is 1. The maximum atomic E-state index is 4.81. The van der Waals surface area contributed by atoms with Crippen LogP contribution in [0.2, 0.25) is 0 Å². The lowest BCUT2D eigenvalue weighted by atomic mass is 10.0. The molecule has 82 valence electrons. The third kappa shape index (κ3) is 1.45. The number of benzene rings is 1. The molecule has 3 rings (SSSR count). The van der Waals surface area contributed by atoms with Crippen LogP contribution in [0.15, 0.2) is 35.5 Å². The zero-order valence-electron chi connectivity index (χ0n) is 9.75. The lowest BCUT2D eigenvalue weighted by molar-refractivity contribution is 0.522. The second-order valence-electron chi connectivity index (χ2n) is 5.12. The summed E-state index contributed by atoms with van der Waals surface area (Å²) >= 11 is 0. The summed E-state index contributed by atoms with van der Waals surface area (Å²) in [5, 5.41) is 1.29. The SMILES string of the molecule is CC1(C)CCC(c2c[nH]c3ccccc23)=N1. The molecule has 0 fully saturated rings. The van der Waals surface area contributed by atoms with Gasteiger partial charge in [-0.05, 0) is 32.8 Å². The highest BCUT2D eigenvalue weighted by molar-refractivity contribution is 6.11. The molecule has 1 aromatic heterocycles. The highest BCUT2D eigenvalue weighted by Gasteiger charge is 2.26. The van der Waals surface area contributed by atoms with Gasteiger partial charge in [-0.15, -0.1) is 0 Å². The number of aliphatic imine (C=N–C) groups is 1. The van der Waals surface area contributed by atoms with Gasteiger partial charge in [0.15, 0.2) is 0 Å². The second kappa shape index (κ2) is 3.21. The fraction of sp³-hybridized carbons (Fsp3) is 0.357. The molecule has 0 aliphatic carbocycles. The minimum Gasteiger partial charge on any atom is -0.360 e. The number of aromatic amines is 1. The Bertz CT molecular complexity index is 561. The molecule has 1 aromatic carbocycles. The van der Waals surface area contributed by atoms with Crippen LogP contribution >= 0.6 is 0 Å². The Kier molecular flexibility index (Phi) is 1.93. The quantitative estimate of drug-likeness (QED) is 0.749. The third-order valence-electron chi connectivity index (χ3n) is 3.31. The first-order chi connectivity index (χ1) is 7.66. The van der Waals surface area contributed by atoms with Gasteiger partial charge in [0.25, 0.3) is 0 Å². The van der Waals surface area contributed by atoms with Crippen LogP contribution in [0, 0.1) is 0 Å². The van der Waals surface area contributed by atoms with E-state index in [0.717, 1.165) is 12.8 Å². The summed E-state index contributed by atoms with van der Waals surface area (Å²) in [5.41, 5.74) is 3.85. The Labute approximate surface area is 95.4 Å². The molecule has 2 nitrogen and oxygen atoms in total. The minimum atomic E-state index is 0.119. The van der Waals surface area contributed by atoms with E-state index >= 15 is 0 Å². The lowest BCUT2D eigenvalue weighted by Crippen LogP contribution is -2.10. The fourth-order valence-electron chi connectivity index (χ4n) is 2.41. The van der Waals surface area contributed by atoms with Crippen LogP contribution in [-0.4, -0.2) is 16.2 Å². The smallest absolute Gasteiger partial charge is 0.0559 e. The highest BCUT2D eigenvalue weighted by Crippen LogP contribution is 2.30. The van der Waals surface area contributed by atoms with Gasteiger partial charge >= 0.3 is 0 Å². The minimum absolute atomic E-state index is 0.119. The number of H-pyrrole nitrogens is 1. The summed E-state index contributed by atoms with van der Waals surface area (Å²) in [6.07, 6.45) is 4.33. The van der Waals surface area contributed by atoms with Crippen LogP contribution in [0.4, 0.5) is 0 Å². The van der Waals surface area contributed by atoms with Gasteiger partial charge < -0.3 is 4.98 Å². The molecule has 2 aromatic rings. The average Bonchev–Trinajstić information content (AvgIpc) is 2.81. The number of hydrogen-bond acceptors (Lipinski definition) is 1. The Morgan fingerprint density at radius 2 is 2.06 bits per heavy atom. The van der Waals surface area contributed by atoms with Crippen LogP contribution < -0.4 is 0 Å². The first-order valence-electron chi connectivity index (χ1n) is 5.81. The van der Waals surface area contributed by atoms with Gasteiger partial charge in [0, 0.05) is 28.4 Å². The normalized spacial score (nSPS) is 19.0. The van der Waals surface area contributed by atoms with Crippen LogP contribution in [0.1, 0.15) is 32.3 Å². The maximum absolute atomic E-state index is 4.81. The van der Waals surface area contributed by atoms with Gasteiger partial charge in [-0.25, -0.2) is 0 Å². The third-order valence-corrected chi connectivity index (χ3v) is 3.31. The van der Waals surface area contributed by atoms with Crippen molar-refractivity contribution in [3.05, 3.63) is 36.0 Å². The standard InChI is InChI=1S/C14H16N2/c1-14(2)8-7-13(16-14)11-9-15-12-6-4-3-5-10(11)12/h3-6,9,15H,7-8H2,1-2H3. The van der Waals surface area contributed by atoms with E-state index in [4.69, 9.17) is 4.99 Å². The summed E-state index contributed by atoms with van der Waals surface area (Å²) in [6.45, 7) is 4.41. The highest BCUT2D eigenvalue weighted by atomic mass is 14.9. The maximum Gasteiger partial charge on any atom is 0.0559 e. The van der Waals surface area contributed by atoms with Crippen LogP contribution in [-0.2, 0) is 0 Å². The number of nitrogens with one attached hydrogen (secondary N) is 1. The molecule has 0 atom stereocenters. The van der Waals surface area contributed by atoms with E-state index in [1.54, 1.807) is 0 Å². The number of hydrogen-bond donors (Lipinski definition) is 1. The first-order valence-corrected chi connectivity index (χ1v) is 5.81. The molecule has 16 heavy (non-hydrogen) atoms. The van der Waals surface area contributed by atoms with Crippen LogP contribution in [0.5, 0.6) is 0 Å². The van der Waals surface area contributed by atoms with Crippen molar-refractivity contribution in [2.75, 3.05) is 0 Å². The van der Waals surface area contributed by atoms with Gasteiger partial charge in [-0.3, -0.25) is 4.99 Å². The van der Waals surface area contributed by atoms with Crippen molar-refractivity contribution in [1.82, 2.24) is 4.98 Å². The Morgan fingerprint density at radius 1 is 1.25 bits per heavy atom. The molecule has 0 amide bonds. The van der Waals surface area contributed by atoms with E-state index in [1.807, 2.05) is 0 Å². The predicted molar refractivity (Wildman–Crippen MR) is 68.1 cm³/mol. The molecule has 0 saturated heterocycles. The van der Waals surface area contributed by atoms with Gasteiger partial charge in [-0.2, -0.15) is 0 Å². The van der Waals surface area contributed by atoms with E-state index in [2.05, 4.69) is 49.3 Å². The Hall–Kier alpha value is -1.57. The molecule has 0 saturated carbocycles. The number of nitrogens with zero attached hydrogens (tertiary/aromatic N) is 1. The summed E-state index contributed by atoms with van der Waals surface area (Å²) in [6, 6.07) is 8.41. The second-order valence-corrected chi connectivity index (χ2v) is 5.12. The summed E-state index contributed by atoms with van der Waals surface area (Å²) in [4.78, 5) is 8.12. The summed E-state index contributed by atoms with van der Waals surface area (Å²) in [7, 11) is 0. The molecular weight excluding hydrogens is 196 g/mol. The molecule has 2 heterocycles. The van der Waals surface area contributed by atoms with E-state index in [-0.39, 0.29) is 5.54 Å². The summed E-state index contributed by atoms with van der Waals surface area (Å²) in [5.74, 6) is 0. The van der Waals surface area contributed by atoms with Crippen LogP contribution in [0.25, 0.3) is 10.9 Å². The molecule has 1 aliphatic heterocycles. The molecule has 0 spiro atoms. The monoisotopic (exact) mass is 212 g/mol. The van der Waals surface area contributed by atoms with Crippen LogP contribution in [0.3, 0.4) is 0 Å². The van der Waals surface area contributed by atoms with E-state index in [1.165, 1.54) is 22.2 Å². The van der Waals surface area contributed by atoms with Crippen molar-refractivity contribution >= 4 is 16.6 Å². The van der Waals surface area contributed by atoms with Crippen molar-refractivity contribution < 1.29 is 0 Å². The zero-order chi connectivity index (χ0) is 11.2. The molecule has 1 aliphatic rings. The van der Waals surface area contributed by atoms with Gasteiger partial charge in [0.1, 0.15) is 0 Å². The van der Waals surface area contributed by atoms with E-state index < -0.39 is 0 Å². The van der Waals surface area contributed by atoms with Gasteiger partial charge in [-0.1, -0.05) is 18.2 Å². The molecular formula is C14H16N2. The van der Waals surface area contributed by atoms with Gasteiger partial charge in [0.05, 0.1) is 5.54 Å². The van der Waals surface area contributed by atoms with Crippen molar-refractivity contribution in [2.45, 2.75) is 32.2 Å². The van der Waals surface area contributed by atoms with E-state index in [0.29, 0.717) is 0 Å². The number of fused-ring (bicyclic) bond motifs is 1. The molecule has 0 unspecified atom stereocenters. The molecule has 1 N–H and O–H groups in total. The topological polar surface area (TPSA) is 28.1 Å². The summed E-state index contributed by atoms with van der Waals surface area (Å²) < 4.78 is 0. The Morgan fingerprint density at radius 3 is 2.81 bits per heavy atom. The number of para-hydroxylation sites is 1. The predicted octanol–water partition coefficient (Wildman–Crippen LogP) is 3.53. The largest absolute Gasteiger partial charge is 0.360 e. The van der Waals surface area contributed by atoms with Crippen molar-refractivity contribution in [1.29, 1.82) is 0 Å². The first kappa shape index (κ1) is 9.64. The zero-order valence-corrected chi connectivity index (χ0v) is 9.75. The average molecular weight is 212 g/mol. The molecule has 0 radical (unpaired) electrons. The van der Waals surface area contributed by atoms with Gasteiger partial charge in [0.2, 0.25) is 0 Å². The molecule has 0 bridgehead atoms. The fourth-order valence-corrected chi connectivity index (χ4v) is 2.41. The number of rotatable bonds is 1. The Balaban J connectivity index is 2.14. The lowest BCUT2D eigenvalue weighted by Gasteiger charge is -2.10. The van der Waals surface area contributed by atoms with Crippen molar-refractivity contribution in [3.63, 3.8) is 0 Å². The molecule has 2 heteroatoms.